The molecule has 1 amide bonds. The first-order chi connectivity index (χ1) is 8.78. The van der Waals surface area contributed by atoms with Gasteiger partial charge in [-0.2, -0.15) is 0 Å². The number of nitrogens with one attached hydrogen (secondary N) is 1. The third kappa shape index (κ3) is 3.07. The van der Waals surface area contributed by atoms with E-state index in [9.17, 15) is 13.2 Å². The van der Waals surface area contributed by atoms with Gasteiger partial charge in [-0.05, 0) is 29.7 Å². The number of likely N-dealkylation sites (N-methyl/N-ethyl adjacent to an activating group) is 1. The molecule has 0 unspecified atom stereocenters. The van der Waals surface area contributed by atoms with Crippen molar-refractivity contribution in [1.29, 1.82) is 0 Å². The summed E-state index contributed by atoms with van der Waals surface area (Å²) in [5.41, 5.74) is 2.22. The van der Waals surface area contributed by atoms with Crippen LogP contribution in [-0.2, 0) is 21.2 Å². The SMILES string of the molecule is CC(C)CS(=O)(=O)Nc1ccc2c(c1)CC(=O)N2C. The Kier molecular flexibility index (Phi) is 3.54. The van der Waals surface area contributed by atoms with Crippen LogP contribution in [-0.4, -0.2) is 27.1 Å². The smallest absolute Gasteiger partial charge is 0.232 e. The summed E-state index contributed by atoms with van der Waals surface area (Å²) in [6.45, 7) is 3.71. The fourth-order valence-corrected chi connectivity index (χ4v) is 3.64. The van der Waals surface area contributed by atoms with Gasteiger partial charge in [-0.1, -0.05) is 13.8 Å². The van der Waals surface area contributed by atoms with Crippen molar-refractivity contribution in [2.24, 2.45) is 5.92 Å². The number of anilines is 2. The zero-order chi connectivity index (χ0) is 14.2. The Morgan fingerprint density at radius 1 is 1.37 bits per heavy atom. The maximum atomic E-state index is 11.9. The lowest BCUT2D eigenvalue weighted by molar-refractivity contribution is -0.117. The second kappa shape index (κ2) is 4.85. The fourth-order valence-electron chi connectivity index (χ4n) is 2.19. The van der Waals surface area contributed by atoms with Gasteiger partial charge in [0.15, 0.2) is 0 Å². The van der Waals surface area contributed by atoms with Gasteiger partial charge >= 0.3 is 0 Å². The quantitative estimate of drug-likeness (QED) is 0.912. The predicted octanol–water partition coefficient (Wildman–Crippen LogP) is 1.60. The molecule has 1 aliphatic rings. The molecule has 6 heteroatoms. The highest BCUT2D eigenvalue weighted by atomic mass is 32.2. The number of hydrogen-bond acceptors (Lipinski definition) is 3. The van der Waals surface area contributed by atoms with Crippen LogP contribution in [0.15, 0.2) is 18.2 Å². The average Bonchev–Trinajstić information content (AvgIpc) is 2.51. The van der Waals surface area contributed by atoms with Crippen LogP contribution < -0.4 is 9.62 Å². The van der Waals surface area contributed by atoms with Crippen molar-refractivity contribution in [2.75, 3.05) is 22.4 Å². The molecule has 0 aliphatic carbocycles. The van der Waals surface area contributed by atoms with Crippen molar-refractivity contribution in [3.63, 3.8) is 0 Å². The average molecular weight is 282 g/mol. The predicted molar refractivity (Wildman–Crippen MR) is 75.8 cm³/mol. The van der Waals surface area contributed by atoms with Crippen molar-refractivity contribution in [3.8, 4) is 0 Å². The molecule has 0 bridgehead atoms. The lowest BCUT2D eigenvalue weighted by Crippen LogP contribution is -2.20. The lowest BCUT2D eigenvalue weighted by atomic mass is 10.1. The summed E-state index contributed by atoms with van der Waals surface area (Å²) in [5.74, 6) is 0.181. The zero-order valence-corrected chi connectivity index (χ0v) is 12.1. The molecule has 0 atom stereocenters. The fraction of sp³-hybridized carbons (Fsp3) is 0.462. The number of sulfonamides is 1. The summed E-state index contributed by atoms with van der Waals surface area (Å²) >= 11 is 0. The topological polar surface area (TPSA) is 66.5 Å². The van der Waals surface area contributed by atoms with E-state index in [1.54, 1.807) is 30.1 Å². The molecule has 5 nitrogen and oxygen atoms in total. The van der Waals surface area contributed by atoms with E-state index < -0.39 is 10.0 Å². The van der Waals surface area contributed by atoms with Gasteiger partial charge in [-0.25, -0.2) is 8.42 Å². The van der Waals surface area contributed by atoms with E-state index in [4.69, 9.17) is 0 Å². The van der Waals surface area contributed by atoms with Crippen LogP contribution in [0.3, 0.4) is 0 Å². The van der Waals surface area contributed by atoms with Crippen LogP contribution in [0, 0.1) is 5.92 Å². The number of fused-ring (bicyclic) bond motifs is 1. The van der Waals surface area contributed by atoms with Gasteiger partial charge in [0.25, 0.3) is 0 Å². The number of benzene rings is 1. The van der Waals surface area contributed by atoms with Crippen molar-refractivity contribution < 1.29 is 13.2 Å². The Morgan fingerprint density at radius 2 is 2.05 bits per heavy atom. The number of carbonyl (C=O) groups excluding carboxylic acids is 1. The first kappa shape index (κ1) is 13.9. The van der Waals surface area contributed by atoms with Crippen molar-refractivity contribution in [3.05, 3.63) is 23.8 Å². The lowest BCUT2D eigenvalue weighted by Gasteiger charge is -2.12. The van der Waals surface area contributed by atoms with Gasteiger partial charge in [0.1, 0.15) is 0 Å². The molecule has 0 fully saturated rings. The van der Waals surface area contributed by atoms with Crippen LogP contribution in [0.4, 0.5) is 11.4 Å². The number of carbonyl (C=O) groups is 1. The molecule has 1 aromatic carbocycles. The molecule has 1 heterocycles. The Hall–Kier alpha value is -1.56. The second-order valence-electron chi connectivity index (χ2n) is 5.25. The molecule has 0 aromatic heterocycles. The van der Waals surface area contributed by atoms with E-state index in [-0.39, 0.29) is 17.6 Å². The first-order valence-electron chi connectivity index (χ1n) is 6.18. The second-order valence-corrected chi connectivity index (χ2v) is 7.02. The van der Waals surface area contributed by atoms with Crippen molar-refractivity contribution in [2.45, 2.75) is 20.3 Å². The highest BCUT2D eigenvalue weighted by molar-refractivity contribution is 7.92. The number of rotatable bonds is 4. The van der Waals surface area contributed by atoms with Crippen LogP contribution in [0.2, 0.25) is 0 Å². The van der Waals surface area contributed by atoms with E-state index in [0.717, 1.165) is 11.3 Å². The molecule has 1 aliphatic heterocycles. The summed E-state index contributed by atoms with van der Waals surface area (Å²) in [6.07, 6.45) is 0.325. The van der Waals surface area contributed by atoms with Crippen LogP contribution in [0.25, 0.3) is 0 Å². The minimum Gasteiger partial charge on any atom is -0.315 e. The Bertz CT molecular complexity index is 608. The highest BCUT2D eigenvalue weighted by Gasteiger charge is 2.24. The van der Waals surface area contributed by atoms with Gasteiger partial charge in [-0.15, -0.1) is 0 Å². The minimum absolute atomic E-state index is 0.0252. The van der Waals surface area contributed by atoms with Gasteiger partial charge in [0.05, 0.1) is 12.2 Å². The molecule has 0 saturated carbocycles. The molecule has 0 saturated heterocycles. The van der Waals surface area contributed by atoms with Crippen LogP contribution in [0.5, 0.6) is 0 Å². The van der Waals surface area contributed by atoms with E-state index in [1.807, 2.05) is 13.8 Å². The highest BCUT2D eigenvalue weighted by Crippen LogP contribution is 2.30. The summed E-state index contributed by atoms with van der Waals surface area (Å²) in [5, 5.41) is 0. The van der Waals surface area contributed by atoms with E-state index in [2.05, 4.69) is 4.72 Å². The summed E-state index contributed by atoms with van der Waals surface area (Å²) in [7, 11) is -1.61. The maximum absolute atomic E-state index is 11.9. The van der Waals surface area contributed by atoms with E-state index in [0.29, 0.717) is 12.1 Å². The monoisotopic (exact) mass is 282 g/mol. The third-order valence-electron chi connectivity index (χ3n) is 2.98. The number of nitrogens with zero attached hydrogens (tertiary/aromatic N) is 1. The number of amides is 1. The Labute approximate surface area is 113 Å². The largest absolute Gasteiger partial charge is 0.315 e. The molecule has 0 radical (unpaired) electrons. The van der Waals surface area contributed by atoms with Crippen molar-refractivity contribution in [1.82, 2.24) is 0 Å². The molecule has 1 N–H and O–H groups in total. The zero-order valence-electron chi connectivity index (χ0n) is 11.3. The van der Waals surface area contributed by atoms with Gasteiger partial charge < -0.3 is 4.90 Å². The molecular weight excluding hydrogens is 264 g/mol. The molecular formula is C13H18N2O3S. The summed E-state index contributed by atoms with van der Waals surface area (Å²) < 4.78 is 26.3. The first-order valence-corrected chi connectivity index (χ1v) is 7.84. The van der Waals surface area contributed by atoms with E-state index >= 15 is 0 Å². The summed E-state index contributed by atoms with van der Waals surface area (Å²) in [6, 6.07) is 5.19. The van der Waals surface area contributed by atoms with Gasteiger partial charge in [-0.3, -0.25) is 9.52 Å². The third-order valence-corrected chi connectivity index (χ3v) is 4.63. The molecule has 104 valence electrons. The molecule has 0 spiro atoms. The molecule has 1 aromatic rings. The van der Waals surface area contributed by atoms with Crippen LogP contribution >= 0.6 is 0 Å². The normalized spacial score (nSPS) is 14.9. The van der Waals surface area contributed by atoms with Gasteiger partial charge in [0, 0.05) is 18.4 Å². The standard InChI is InChI=1S/C13H18N2O3S/c1-9(2)8-19(17,18)14-11-4-5-12-10(6-11)7-13(16)15(12)3/h4-6,9,14H,7-8H2,1-3H3. The maximum Gasteiger partial charge on any atom is 0.232 e. The molecule has 2 rings (SSSR count). The Morgan fingerprint density at radius 3 is 2.68 bits per heavy atom. The summed E-state index contributed by atoms with van der Waals surface area (Å²) in [4.78, 5) is 13.1. The Balaban J connectivity index is 2.21. The van der Waals surface area contributed by atoms with Crippen molar-refractivity contribution >= 4 is 27.3 Å². The van der Waals surface area contributed by atoms with Gasteiger partial charge in [0.2, 0.25) is 15.9 Å². The molecule has 19 heavy (non-hydrogen) atoms. The van der Waals surface area contributed by atoms with E-state index in [1.165, 1.54) is 0 Å². The number of hydrogen-bond donors (Lipinski definition) is 1. The van der Waals surface area contributed by atoms with Crippen LogP contribution in [0.1, 0.15) is 19.4 Å². The minimum atomic E-state index is -3.33.